The summed E-state index contributed by atoms with van der Waals surface area (Å²) in [7, 11) is -3.70. The minimum Gasteiger partial charge on any atom is -0.366 e. The van der Waals surface area contributed by atoms with E-state index in [1.807, 2.05) is 6.92 Å². The van der Waals surface area contributed by atoms with Gasteiger partial charge in [0.1, 0.15) is 0 Å². The summed E-state index contributed by atoms with van der Waals surface area (Å²) in [5, 5.41) is 0. The molecule has 0 aliphatic carbocycles. The Morgan fingerprint density at radius 3 is 2.00 bits per heavy atom. The highest BCUT2D eigenvalue weighted by Crippen LogP contribution is 1.96. The molecule has 0 fully saturated rings. The third kappa shape index (κ3) is 19.5. The molecule has 0 saturated carbocycles. The van der Waals surface area contributed by atoms with Crippen LogP contribution in [0.15, 0.2) is 12.2 Å². The number of carbonyl (C=O) groups excluding carboxylic acids is 1. The summed E-state index contributed by atoms with van der Waals surface area (Å²) in [6.07, 6.45) is 2.39. The smallest absolute Gasteiger partial charge is 0.264 e. The molecule has 0 bridgehead atoms. The van der Waals surface area contributed by atoms with Crippen LogP contribution in [-0.4, -0.2) is 24.6 Å². The zero-order chi connectivity index (χ0) is 12.5. The van der Waals surface area contributed by atoms with Gasteiger partial charge in [0.2, 0.25) is 5.91 Å². The molecule has 90 valence electrons. The molecule has 0 rings (SSSR count). The van der Waals surface area contributed by atoms with Crippen molar-refractivity contribution in [3.05, 3.63) is 12.2 Å². The molecule has 0 aromatic rings. The predicted octanol–water partition coefficient (Wildman–Crippen LogP) is 1.11. The van der Waals surface area contributed by atoms with E-state index in [1.165, 1.54) is 0 Å². The van der Waals surface area contributed by atoms with Gasteiger partial charge in [0.15, 0.2) is 0 Å². The van der Waals surface area contributed by atoms with Crippen LogP contribution >= 0.6 is 0 Å². The van der Waals surface area contributed by atoms with Crippen molar-refractivity contribution in [3.63, 3.8) is 0 Å². The van der Waals surface area contributed by atoms with Crippen LogP contribution in [0.5, 0.6) is 0 Å². The second kappa shape index (κ2) is 8.43. The highest BCUT2D eigenvalue weighted by molar-refractivity contribution is 7.85. The Labute approximate surface area is 91.1 Å². The fourth-order valence-electron chi connectivity index (χ4n) is 0.534. The number of hydrogen-bond donors (Lipinski definition) is 2. The molecule has 0 atom stereocenters. The maximum absolute atomic E-state index is 10.1. The molecule has 0 heterocycles. The number of rotatable bonds is 5. The average molecular weight is 237 g/mol. The van der Waals surface area contributed by atoms with Crippen molar-refractivity contribution in [2.75, 3.05) is 5.75 Å². The standard InChI is InChI=1S/C5H12O3S.C4H7NO/c1-2-3-4-5-9(6,7)8;1-3(2)4(5)6/h2-5H2,1H3,(H,6,7,8);1H2,2H3,(H2,5,6). The Morgan fingerprint density at radius 2 is 1.80 bits per heavy atom. The first kappa shape index (κ1) is 16.5. The highest BCUT2D eigenvalue weighted by Gasteiger charge is 2.01. The number of primary amides is 1. The largest absolute Gasteiger partial charge is 0.366 e. The van der Waals surface area contributed by atoms with Crippen molar-refractivity contribution in [2.24, 2.45) is 5.73 Å². The molecule has 0 aromatic carbocycles. The van der Waals surface area contributed by atoms with Crippen molar-refractivity contribution in [1.29, 1.82) is 0 Å². The molecular weight excluding hydrogens is 218 g/mol. The van der Waals surface area contributed by atoms with E-state index in [-0.39, 0.29) is 5.75 Å². The van der Waals surface area contributed by atoms with E-state index in [0.717, 1.165) is 12.8 Å². The van der Waals surface area contributed by atoms with E-state index in [4.69, 9.17) is 10.3 Å². The summed E-state index contributed by atoms with van der Waals surface area (Å²) < 4.78 is 28.3. The Balaban J connectivity index is 0. The number of unbranched alkanes of at least 4 members (excludes halogenated alkanes) is 2. The summed E-state index contributed by atoms with van der Waals surface area (Å²) in [4.78, 5) is 9.82. The molecule has 0 aromatic heterocycles. The normalized spacial score (nSPS) is 10.1. The molecule has 0 aliphatic rings. The topological polar surface area (TPSA) is 97.5 Å². The Bertz CT molecular complexity index is 283. The molecule has 0 aliphatic heterocycles. The first-order valence-electron chi connectivity index (χ1n) is 4.61. The molecule has 0 unspecified atom stereocenters. The molecule has 1 amide bonds. The van der Waals surface area contributed by atoms with Gasteiger partial charge < -0.3 is 5.73 Å². The molecule has 0 spiro atoms. The van der Waals surface area contributed by atoms with Gasteiger partial charge in [0.25, 0.3) is 10.1 Å². The van der Waals surface area contributed by atoms with Crippen LogP contribution in [0.2, 0.25) is 0 Å². The van der Waals surface area contributed by atoms with Gasteiger partial charge in [-0.2, -0.15) is 8.42 Å². The van der Waals surface area contributed by atoms with Crippen molar-refractivity contribution in [1.82, 2.24) is 0 Å². The van der Waals surface area contributed by atoms with Crippen molar-refractivity contribution < 1.29 is 17.8 Å². The van der Waals surface area contributed by atoms with Gasteiger partial charge in [-0.15, -0.1) is 0 Å². The average Bonchev–Trinajstić information content (AvgIpc) is 2.03. The number of amides is 1. The van der Waals surface area contributed by atoms with Crippen molar-refractivity contribution in [3.8, 4) is 0 Å². The minimum atomic E-state index is -3.70. The lowest BCUT2D eigenvalue weighted by molar-refractivity contribution is -0.114. The van der Waals surface area contributed by atoms with Crippen LogP contribution in [0.3, 0.4) is 0 Å². The first-order valence-corrected chi connectivity index (χ1v) is 6.22. The van der Waals surface area contributed by atoms with Gasteiger partial charge in [-0.25, -0.2) is 0 Å². The van der Waals surface area contributed by atoms with Crippen LogP contribution in [0.4, 0.5) is 0 Å². The third-order valence-corrected chi connectivity index (χ3v) is 2.23. The van der Waals surface area contributed by atoms with Gasteiger partial charge in [-0.3, -0.25) is 9.35 Å². The van der Waals surface area contributed by atoms with Crippen LogP contribution in [0.1, 0.15) is 33.1 Å². The second-order valence-electron chi connectivity index (χ2n) is 3.14. The van der Waals surface area contributed by atoms with Gasteiger partial charge in [0.05, 0.1) is 5.75 Å². The lowest BCUT2D eigenvalue weighted by Gasteiger charge is -1.92. The van der Waals surface area contributed by atoms with E-state index in [0.29, 0.717) is 12.0 Å². The Kier molecular flexibility index (Phi) is 9.30. The second-order valence-corrected chi connectivity index (χ2v) is 4.71. The highest BCUT2D eigenvalue weighted by atomic mass is 32.2. The molecule has 15 heavy (non-hydrogen) atoms. The maximum atomic E-state index is 10.1. The lowest BCUT2D eigenvalue weighted by Crippen LogP contribution is -2.10. The van der Waals surface area contributed by atoms with Crippen LogP contribution < -0.4 is 5.73 Å². The molecule has 0 saturated heterocycles. The zero-order valence-corrected chi connectivity index (χ0v) is 10.0. The molecule has 3 N–H and O–H groups in total. The molecular formula is C9H19NO4S. The summed E-state index contributed by atoms with van der Waals surface area (Å²) in [6, 6.07) is 0. The van der Waals surface area contributed by atoms with Gasteiger partial charge in [-0.1, -0.05) is 26.3 Å². The fraction of sp³-hybridized carbons (Fsp3) is 0.667. The first-order chi connectivity index (χ1) is 6.70. The zero-order valence-electron chi connectivity index (χ0n) is 9.19. The van der Waals surface area contributed by atoms with Gasteiger partial charge >= 0.3 is 0 Å². The molecule has 0 radical (unpaired) electrons. The van der Waals surface area contributed by atoms with Crippen LogP contribution in [0, 0.1) is 0 Å². The third-order valence-electron chi connectivity index (χ3n) is 1.43. The van der Waals surface area contributed by atoms with Gasteiger partial charge in [0, 0.05) is 5.57 Å². The number of nitrogens with two attached hydrogens (primary N) is 1. The summed E-state index contributed by atoms with van der Waals surface area (Å²) in [5.41, 5.74) is 5.09. The van der Waals surface area contributed by atoms with E-state index >= 15 is 0 Å². The van der Waals surface area contributed by atoms with Crippen molar-refractivity contribution in [2.45, 2.75) is 33.1 Å². The summed E-state index contributed by atoms with van der Waals surface area (Å²) in [5.74, 6) is -0.532. The fourth-order valence-corrected chi connectivity index (χ4v) is 1.10. The van der Waals surface area contributed by atoms with E-state index in [2.05, 4.69) is 6.58 Å². The summed E-state index contributed by atoms with van der Waals surface area (Å²) in [6.45, 7) is 6.83. The number of hydrogen-bond acceptors (Lipinski definition) is 3. The number of carbonyl (C=O) groups is 1. The quantitative estimate of drug-likeness (QED) is 0.425. The SMILES string of the molecule is C=C(C)C(N)=O.CCCCCS(=O)(=O)O. The van der Waals surface area contributed by atoms with E-state index in [1.54, 1.807) is 6.92 Å². The maximum Gasteiger partial charge on any atom is 0.264 e. The Hall–Kier alpha value is -0.880. The van der Waals surface area contributed by atoms with E-state index < -0.39 is 16.0 Å². The Morgan fingerprint density at radius 1 is 1.40 bits per heavy atom. The predicted molar refractivity (Wildman–Crippen MR) is 59.9 cm³/mol. The molecule has 6 heteroatoms. The monoisotopic (exact) mass is 237 g/mol. The van der Waals surface area contributed by atoms with Crippen LogP contribution in [-0.2, 0) is 14.9 Å². The van der Waals surface area contributed by atoms with Gasteiger partial charge in [-0.05, 0) is 13.3 Å². The van der Waals surface area contributed by atoms with Crippen LogP contribution in [0.25, 0.3) is 0 Å². The minimum absolute atomic E-state index is 0.0964. The van der Waals surface area contributed by atoms with E-state index in [9.17, 15) is 13.2 Å². The molecule has 5 nitrogen and oxygen atoms in total. The summed E-state index contributed by atoms with van der Waals surface area (Å²) >= 11 is 0. The lowest BCUT2D eigenvalue weighted by atomic mass is 10.3. The van der Waals surface area contributed by atoms with Crippen molar-refractivity contribution >= 4 is 16.0 Å².